The lowest BCUT2D eigenvalue weighted by Crippen LogP contribution is -2.24. The number of furan rings is 1. The number of carbonyl (C=O) groups excluding carboxylic acids is 1. The van der Waals surface area contributed by atoms with Crippen molar-refractivity contribution in [3.05, 3.63) is 47.2 Å². The third kappa shape index (κ3) is 5.38. The van der Waals surface area contributed by atoms with Crippen molar-refractivity contribution >= 4 is 18.0 Å². The minimum Gasteiger partial charge on any atom is -0.483 e. The third-order valence-corrected chi connectivity index (χ3v) is 3.58. The topological polar surface area (TPSA) is 67.1 Å². The SMILES string of the molecule is Cc1ccc(C(C)C)c(OCC(=O)NN=Cc2ccc(N(C)C)o2)c1. The van der Waals surface area contributed by atoms with Gasteiger partial charge in [-0.3, -0.25) is 4.79 Å². The first-order valence-electron chi connectivity index (χ1n) is 8.19. The number of carbonyl (C=O) groups is 1. The summed E-state index contributed by atoms with van der Waals surface area (Å²) >= 11 is 0. The Morgan fingerprint density at radius 2 is 2.08 bits per heavy atom. The van der Waals surface area contributed by atoms with Gasteiger partial charge in [0.2, 0.25) is 0 Å². The van der Waals surface area contributed by atoms with Gasteiger partial charge in [0.1, 0.15) is 11.5 Å². The Balaban J connectivity index is 1.88. The molecule has 0 aliphatic carbocycles. The maximum Gasteiger partial charge on any atom is 0.277 e. The fourth-order valence-electron chi connectivity index (χ4n) is 2.24. The zero-order valence-electron chi connectivity index (χ0n) is 15.4. The molecule has 0 atom stereocenters. The molecule has 6 heteroatoms. The number of hydrazone groups is 1. The van der Waals surface area contributed by atoms with E-state index in [1.54, 1.807) is 6.07 Å². The fraction of sp³-hybridized carbons (Fsp3) is 0.368. The molecule has 6 nitrogen and oxygen atoms in total. The summed E-state index contributed by atoms with van der Waals surface area (Å²) in [6, 6.07) is 9.63. The summed E-state index contributed by atoms with van der Waals surface area (Å²) in [7, 11) is 3.77. The van der Waals surface area contributed by atoms with Gasteiger partial charge in [-0.25, -0.2) is 5.43 Å². The van der Waals surface area contributed by atoms with Gasteiger partial charge in [0.15, 0.2) is 12.5 Å². The first-order chi connectivity index (χ1) is 11.9. The normalized spacial score (nSPS) is 11.1. The van der Waals surface area contributed by atoms with Crippen molar-refractivity contribution < 1.29 is 13.9 Å². The Labute approximate surface area is 148 Å². The first-order valence-corrected chi connectivity index (χ1v) is 8.19. The van der Waals surface area contributed by atoms with E-state index < -0.39 is 0 Å². The van der Waals surface area contributed by atoms with Crippen LogP contribution in [0.25, 0.3) is 0 Å². The molecule has 0 radical (unpaired) electrons. The molecule has 0 spiro atoms. The molecule has 1 N–H and O–H groups in total. The van der Waals surface area contributed by atoms with Crippen LogP contribution in [0.1, 0.15) is 36.7 Å². The van der Waals surface area contributed by atoms with Crippen molar-refractivity contribution in [3.8, 4) is 5.75 Å². The standard InChI is InChI=1S/C19H25N3O3/c1-13(2)16-8-6-14(3)10-17(16)24-12-18(23)21-20-11-15-7-9-19(25-15)22(4)5/h6-11,13H,12H2,1-5H3,(H,21,23). The maximum atomic E-state index is 11.9. The second-order valence-electron chi connectivity index (χ2n) is 6.35. The summed E-state index contributed by atoms with van der Waals surface area (Å²) in [4.78, 5) is 13.7. The Morgan fingerprint density at radius 1 is 1.32 bits per heavy atom. The Bertz CT molecular complexity index is 748. The maximum absolute atomic E-state index is 11.9. The van der Waals surface area contributed by atoms with Crippen LogP contribution in [0.5, 0.6) is 5.75 Å². The van der Waals surface area contributed by atoms with E-state index >= 15 is 0 Å². The van der Waals surface area contributed by atoms with Crippen LogP contribution in [0, 0.1) is 6.92 Å². The van der Waals surface area contributed by atoms with Gasteiger partial charge in [-0.05, 0) is 36.1 Å². The van der Waals surface area contributed by atoms with Gasteiger partial charge in [0, 0.05) is 20.2 Å². The van der Waals surface area contributed by atoms with E-state index in [1.165, 1.54) is 6.21 Å². The second kappa shape index (κ2) is 8.37. The highest BCUT2D eigenvalue weighted by atomic mass is 16.5. The fourth-order valence-corrected chi connectivity index (χ4v) is 2.24. The molecule has 1 amide bonds. The third-order valence-electron chi connectivity index (χ3n) is 3.58. The predicted octanol–water partition coefficient (Wildman–Crippen LogP) is 3.31. The molecule has 1 heterocycles. The lowest BCUT2D eigenvalue weighted by molar-refractivity contribution is -0.123. The highest BCUT2D eigenvalue weighted by Crippen LogP contribution is 2.27. The summed E-state index contributed by atoms with van der Waals surface area (Å²) in [5, 5.41) is 3.88. The Kier molecular flexibility index (Phi) is 6.22. The summed E-state index contributed by atoms with van der Waals surface area (Å²) < 4.78 is 11.2. The first kappa shape index (κ1) is 18.6. The predicted molar refractivity (Wildman–Crippen MR) is 99.5 cm³/mol. The van der Waals surface area contributed by atoms with Gasteiger partial charge < -0.3 is 14.1 Å². The van der Waals surface area contributed by atoms with Gasteiger partial charge in [-0.2, -0.15) is 5.10 Å². The Morgan fingerprint density at radius 3 is 2.72 bits per heavy atom. The molecule has 0 aliphatic heterocycles. The highest BCUT2D eigenvalue weighted by molar-refractivity contribution is 5.81. The van der Waals surface area contributed by atoms with E-state index in [0.29, 0.717) is 11.7 Å². The number of nitrogens with zero attached hydrogens (tertiary/aromatic N) is 2. The van der Waals surface area contributed by atoms with Crippen molar-refractivity contribution in [2.45, 2.75) is 26.7 Å². The number of amides is 1. The smallest absolute Gasteiger partial charge is 0.277 e. The van der Waals surface area contributed by atoms with Gasteiger partial charge >= 0.3 is 0 Å². The second-order valence-corrected chi connectivity index (χ2v) is 6.35. The molecule has 25 heavy (non-hydrogen) atoms. The molecule has 0 unspecified atom stereocenters. The van der Waals surface area contributed by atoms with Crippen LogP contribution >= 0.6 is 0 Å². The van der Waals surface area contributed by atoms with Gasteiger partial charge in [-0.15, -0.1) is 0 Å². The molecular formula is C19H25N3O3. The van der Waals surface area contributed by atoms with Gasteiger partial charge in [0.25, 0.3) is 5.91 Å². The van der Waals surface area contributed by atoms with Crippen LogP contribution in [0.4, 0.5) is 5.88 Å². The van der Waals surface area contributed by atoms with Crippen molar-refractivity contribution in [3.63, 3.8) is 0 Å². The number of aryl methyl sites for hydroxylation is 1. The number of nitrogens with one attached hydrogen (secondary N) is 1. The molecule has 0 saturated heterocycles. The van der Waals surface area contributed by atoms with Crippen LogP contribution in [-0.2, 0) is 4.79 Å². The summed E-state index contributed by atoms with van der Waals surface area (Å²) in [6.45, 7) is 6.08. The van der Waals surface area contributed by atoms with E-state index in [-0.39, 0.29) is 12.5 Å². The number of anilines is 1. The molecular weight excluding hydrogens is 318 g/mol. The van der Waals surface area contributed by atoms with E-state index in [0.717, 1.165) is 22.8 Å². The van der Waals surface area contributed by atoms with Crippen LogP contribution < -0.4 is 15.1 Å². The highest BCUT2D eigenvalue weighted by Gasteiger charge is 2.10. The van der Waals surface area contributed by atoms with E-state index in [9.17, 15) is 4.79 Å². The zero-order valence-corrected chi connectivity index (χ0v) is 15.4. The van der Waals surface area contributed by atoms with E-state index in [1.807, 2.05) is 50.2 Å². The average molecular weight is 343 g/mol. The molecule has 0 bridgehead atoms. The molecule has 134 valence electrons. The molecule has 0 aliphatic rings. The number of rotatable bonds is 7. The van der Waals surface area contributed by atoms with Crippen molar-refractivity contribution in [1.82, 2.24) is 5.43 Å². The van der Waals surface area contributed by atoms with Crippen molar-refractivity contribution in [1.29, 1.82) is 0 Å². The van der Waals surface area contributed by atoms with Gasteiger partial charge in [0.05, 0.1) is 6.21 Å². The average Bonchev–Trinajstić information content (AvgIpc) is 3.02. The van der Waals surface area contributed by atoms with Crippen LogP contribution in [0.2, 0.25) is 0 Å². The van der Waals surface area contributed by atoms with Crippen LogP contribution in [0.15, 0.2) is 39.9 Å². The number of hydrogen-bond donors (Lipinski definition) is 1. The van der Waals surface area contributed by atoms with Crippen LogP contribution in [-0.4, -0.2) is 32.8 Å². The molecule has 1 aromatic heterocycles. The minimum atomic E-state index is -0.327. The van der Waals surface area contributed by atoms with Gasteiger partial charge in [-0.1, -0.05) is 26.0 Å². The lowest BCUT2D eigenvalue weighted by atomic mass is 10.0. The Hall–Kier alpha value is -2.76. The summed E-state index contributed by atoms with van der Waals surface area (Å²) in [5.41, 5.74) is 4.60. The number of benzene rings is 1. The largest absolute Gasteiger partial charge is 0.483 e. The lowest BCUT2D eigenvalue weighted by Gasteiger charge is -2.14. The molecule has 1 aromatic carbocycles. The molecule has 0 fully saturated rings. The summed E-state index contributed by atoms with van der Waals surface area (Å²) in [5.74, 6) is 2.01. The number of ether oxygens (including phenoxy) is 1. The molecule has 0 saturated carbocycles. The molecule has 2 aromatic rings. The monoisotopic (exact) mass is 343 g/mol. The number of hydrogen-bond acceptors (Lipinski definition) is 5. The van der Waals surface area contributed by atoms with Crippen LogP contribution in [0.3, 0.4) is 0 Å². The summed E-state index contributed by atoms with van der Waals surface area (Å²) in [6.07, 6.45) is 1.46. The van der Waals surface area contributed by atoms with E-state index in [2.05, 4.69) is 24.4 Å². The zero-order chi connectivity index (χ0) is 18.4. The molecule has 2 rings (SSSR count). The quantitative estimate of drug-likeness (QED) is 0.619. The van der Waals surface area contributed by atoms with E-state index in [4.69, 9.17) is 9.15 Å². The van der Waals surface area contributed by atoms with Crippen molar-refractivity contribution in [2.24, 2.45) is 5.10 Å². The van der Waals surface area contributed by atoms with Crippen molar-refractivity contribution in [2.75, 3.05) is 25.6 Å². The minimum absolute atomic E-state index is 0.0956.